The van der Waals surface area contributed by atoms with Gasteiger partial charge in [0.15, 0.2) is 0 Å². The predicted octanol–water partition coefficient (Wildman–Crippen LogP) is -3.33. The lowest BCUT2D eigenvalue weighted by Gasteiger charge is -2.19. The second-order valence-electron chi connectivity index (χ2n) is 3.99. The number of hydrogen-bond donors (Lipinski definition) is 0. The Bertz CT molecular complexity index is 384. The van der Waals surface area contributed by atoms with Crippen molar-refractivity contribution >= 4 is 6.03 Å². The molecule has 0 bridgehead atoms. The van der Waals surface area contributed by atoms with Gasteiger partial charge in [-0.25, -0.2) is 23.5 Å². The largest absolute Gasteiger partial charge is 0.497 e. The highest BCUT2D eigenvalue weighted by Gasteiger charge is 2.25. The number of pyridine rings is 1. The highest BCUT2D eigenvalue weighted by molar-refractivity contribution is 5.64. The van der Waals surface area contributed by atoms with E-state index in [1.54, 1.807) is 17.0 Å². The molecule has 2 heterocycles. The standard InChI is InChI=1S/C11H15N2O.ClHO4/c14-11(12-7-3-1-4-8-12)13-9-5-2-6-10-13;2-1(3,4)5/h1,3-4,7-8H,2,5-6,9-10H2;(H,2,3,4,5)/q+1;/p-1. The summed E-state index contributed by atoms with van der Waals surface area (Å²) in [6.45, 7) is 1.81. The molecule has 1 aromatic heterocycles. The second kappa shape index (κ2) is 7.37. The molecule has 0 atom stereocenters. The van der Waals surface area contributed by atoms with Crippen molar-refractivity contribution in [1.82, 2.24) is 4.90 Å². The van der Waals surface area contributed by atoms with Crippen molar-refractivity contribution in [3.05, 3.63) is 30.6 Å². The minimum atomic E-state index is -4.94. The summed E-state index contributed by atoms with van der Waals surface area (Å²) in [5.74, 6) is 0. The molecule has 1 aromatic rings. The van der Waals surface area contributed by atoms with E-state index in [2.05, 4.69) is 0 Å². The molecule has 0 unspecified atom stereocenters. The maximum absolute atomic E-state index is 11.9. The molecule has 2 rings (SSSR count). The van der Waals surface area contributed by atoms with Gasteiger partial charge in [0.1, 0.15) is 0 Å². The average Bonchev–Trinajstić information content (AvgIpc) is 2.38. The van der Waals surface area contributed by atoms with Crippen LogP contribution in [0.3, 0.4) is 0 Å². The number of rotatable bonds is 0. The Morgan fingerprint density at radius 2 is 1.42 bits per heavy atom. The zero-order valence-electron chi connectivity index (χ0n) is 10.2. The molecule has 19 heavy (non-hydrogen) atoms. The first-order chi connectivity index (χ1) is 8.88. The summed E-state index contributed by atoms with van der Waals surface area (Å²) >= 11 is 0. The Labute approximate surface area is 113 Å². The SMILES string of the molecule is O=C(N1CCCCC1)[n+]1ccccc1.[O-][Cl+3]([O-])([O-])[O-]. The minimum absolute atomic E-state index is 0.102. The van der Waals surface area contributed by atoms with E-state index in [0.29, 0.717) is 0 Å². The first kappa shape index (κ1) is 15.8. The number of halogens is 1. The Balaban J connectivity index is 0.000000312. The van der Waals surface area contributed by atoms with Gasteiger partial charge in [0.2, 0.25) is 0 Å². The predicted molar refractivity (Wildman–Crippen MR) is 52.9 cm³/mol. The third kappa shape index (κ3) is 7.04. The van der Waals surface area contributed by atoms with Crippen molar-refractivity contribution < 1.29 is 38.2 Å². The molecule has 0 aliphatic carbocycles. The van der Waals surface area contributed by atoms with Crippen LogP contribution in [0.25, 0.3) is 0 Å². The fourth-order valence-corrected chi connectivity index (χ4v) is 1.77. The van der Waals surface area contributed by atoms with Gasteiger partial charge in [-0.2, -0.15) is 9.36 Å². The third-order valence-electron chi connectivity index (χ3n) is 2.56. The number of likely N-dealkylation sites (tertiary alicyclic amines) is 1. The first-order valence-electron chi connectivity index (χ1n) is 5.75. The lowest BCUT2D eigenvalue weighted by atomic mass is 10.1. The molecule has 0 spiro atoms. The molecule has 0 radical (unpaired) electrons. The molecule has 1 fully saturated rings. The molecule has 1 aliphatic heterocycles. The summed E-state index contributed by atoms with van der Waals surface area (Å²) in [6, 6.07) is 5.77. The quantitative estimate of drug-likeness (QED) is 0.463. The van der Waals surface area contributed by atoms with E-state index in [-0.39, 0.29) is 6.03 Å². The van der Waals surface area contributed by atoms with E-state index in [1.165, 1.54) is 6.42 Å². The molecular weight excluding hydrogens is 276 g/mol. The van der Waals surface area contributed by atoms with Gasteiger partial charge in [0, 0.05) is 0 Å². The summed E-state index contributed by atoms with van der Waals surface area (Å²) in [5, 5.41) is 0. The number of carbonyl (C=O) groups excluding carboxylic acids is 1. The molecule has 7 nitrogen and oxygen atoms in total. The van der Waals surface area contributed by atoms with Gasteiger partial charge in [-0.1, -0.05) is 6.07 Å². The normalized spacial score (nSPS) is 15.5. The van der Waals surface area contributed by atoms with Crippen LogP contribution in [0.5, 0.6) is 0 Å². The Morgan fingerprint density at radius 1 is 0.947 bits per heavy atom. The summed E-state index contributed by atoms with van der Waals surface area (Å²) in [6.07, 6.45) is 7.13. The zero-order chi connectivity index (χ0) is 14.3. The minimum Gasteiger partial charge on any atom is -0.225 e. The van der Waals surface area contributed by atoms with E-state index in [1.807, 2.05) is 23.1 Å². The fourth-order valence-electron chi connectivity index (χ4n) is 1.77. The monoisotopic (exact) mass is 290 g/mol. The zero-order valence-corrected chi connectivity index (χ0v) is 11.0. The number of hydrogen-bond acceptors (Lipinski definition) is 5. The summed E-state index contributed by atoms with van der Waals surface area (Å²) in [4.78, 5) is 13.8. The first-order valence-corrected chi connectivity index (χ1v) is 6.99. The van der Waals surface area contributed by atoms with Crippen molar-refractivity contribution in [3.8, 4) is 0 Å². The molecule has 0 aromatic carbocycles. The smallest absolute Gasteiger partial charge is 0.225 e. The van der Waals surface area contributed by atoms with Crippen LogP contribution in [0.1, 0.15) is 19.3 Å². The third-order valence-corrected chi connectivity index (χ3v) is 2.56. The average molecular weight is 291 g/mol. The molecule has 0 N–H and O–H groups in total. The van der Waals surface area contributed by atoms with Crippen LogP contribution in [-0.4, -0.2) is 24.0 Å². The topological polar surface area (TPSA) is 116 Å². The summed E-state index contributed by atoms with van der Waals surface area (Å²) in [7, 11) is -4.94. The lowest BCUT2D eigenvalue weighted by molar-refractivity contribution is -2.00. The van der Waals surface area contributed by atoms with Crippen LogP contribution in [0.2, 0.25) is 0 Å². The molecule has 106 valence electrons. The van der Waals surface area contributed by atoms with Crippen molar-refractivity contribution in [3.63, 3.8) is 0 Å². The van der Waals surface area contributed by atoms with Crippen molar-refractivity contribution in [1.29, 1.82) is 0 Å². The van der Waals surface area contributed by atoms with Crippen LogP contribution < -0.4 is 23.2 Å². The molecule has 1 amide bonds. The number of amides is 1. The Morgan fingerprint density at radius 3 is 1.89 bits per heavy atom. The number of nitrogens with zero attached hydrogens (tertiary/aromatic N) is 2. The van der Waals surface area contributed by atoms with E-state index >= 15 is 0 Å². The molecule has 1 saturated heterocycles. The number of aromatic nitrogens is 1. The Kier molecular flexibility index (Phi) is 6.13. The van der Waals surface area contributed by atoms with E-state index < -0.39 is 10.2 Å². The number of piperidine rings is 1. The second-order valence-corrected chi connectivity index (χ2v) is 4.75. The van der Waals surface area contributed by atoms with Crippen molar-refractivity contribution in [2.45, 2.75) is 19.3 Å². The molecule has 8 heteroatoms. The van der Waals surface area contributed by atoms with Crippen molar-refractivity contribution in [2.24, 2.45) is 0 Å². The number of carbonyl (C=O) groups is 1. The van der Waals surface area contributed by atoms with E-state index in [0.717, 1.165) is 25.9 Å². The summed E-state index contributed by atoms with van der Waals surface area (Å²) in [5.41, 5.74) is 0. The van der Waals surface area contributed by atoms with Gasteiger partial charge in [0.05, 0.1) is 25.5 Å². The van der Waals surface area contributed by atoms with E-state index in [4.69, 9.17) is 18.6 Å². The van der Waals surface area contributed by atoms with Gasteiger partial charge in [-0.05, 0) is 31.4 Å². The van der Waals surface area contributed by atoms with Gasteiger partial charge in [0.25, 0.3) is 0 Å². The highest BCUT2D eigenvalue weighted by Crippen LogP contribution is 2.07. The molecular formula is C11H15ClN2O5. The summed E-state index contributed by atoms with van der Waals surface area (Å²) < 4.78 is 35.6. The van der Waals surface area contributed by atoms with Crippen LogP contribution in [0.15, 0.2) is 30.6 Å². The van der Waals surface area contributed by atoms with Gasteiger partial charge < -0.3 is 0 Å². The van der Waals surface area contributed by atoms with Gasteiger partial charge in [-0.15, -0.1) is 10.2 Å². The fraction of sp³-hybridized carbons (Fsp3) is 0.455. The van der Waals surface area contributed by atoms with Crippen LogP contribution in [0, 0.1) is 10.2 Å². The van der Waals surface area contributed by atoms with Crippen LogP contribution in [-0.2, 0) is 0 Å². The van der Waals surface area contributed by atoms with Crippen molar-refractivity contribution in [2.75, 3.05) is 13.1 Å². The maximum atomic E-state index is 11.9. The maximum Gasteiger partial charge on any atom is 0.497 e. The molecule has 0 saturated carbocycles. The lowest BCUT2D eigenvalue weighted by Crippen LogP contribution is -2.68. The van der Waals surface area contributed by atoms with Gasteiger partial charge in [-0.3, -0.25) is 0 Å². The molecule has 1 aliphatic rings. The Hall–Kier alpha value is -1.25. The van der Waals surface area contributed by atoms with E-state index in [9.17, 15) is 4.79 Å². The highest BCUT2D eigenvalue weighted by atomic mass is 35.7. The van der Waals surface area contributed by atoms with Crippen LogP contribution >= 0.6 is 0 Å². The van der Waals surface area contributed by atoms with Gasteiger partial charge >= 0.3 is 6.03 Å². The van der Waals surface area contributed by atoms with Crippen LogP contribution in [0.4, 0.5) is 4.79 Å².